The number of nitrogens with zero attached hydrogens (tertiary/aromatic N) is 2. The Morgan fingerprint density at radius 2 is 2.19 bits per heavy atom. The molecule has 1 aliphatic rings. The second-order valence-electron chi connectivity index (χ2n) is 4.79. The molecule has 1 heterocycles. The number of fused-ring (bicyclic) bond motifs is 1. The Bertz CT molecular complexity index is 571. The average molecular weight is 290 g/mol. The maximum absolute atomic E-state index is 12.5. The zero-order chi connectivity index (χ0) is 15.4. The number of benzene rings is 1. The predicted molar refractivity (Wildman–Crippen MR) is 78.7 cm³/mol. The summed E-state index contributed by atoms with van der Waals surface area (Å²) in [5.74, 6) is -0.976. The summed E-state index contributed by atoms with van der Waals surface area (Å²) >= 11 is 0. The summed E-state index contributed by atoms with van der Waals surface area (Å²) in [6.45, 7) is 4.60. The molecule has 0 atom stereocenters. The first kappa shape index (κ1) is 15.1. The molecule has 0 saturated carbocycles. The number of carboxylic acids is 1. The van der Waals surface area contributed by atoms with E-state index >= 15 is 0 Å². The highest BCUT2D eigenvalue weighted by atomic mass is 16.4. The Hall–Kier alpha value is -2.34. The Morgan fingerprint density at radius 1 is 1.43 bits per heavy atom. The van der Waals surface area contributed by atoms with Crippen molar-refractivity contribution in [1.29, 1.82) is 0 Å². The number of hydrogen-bond acceptors (Lipinski definition) is 3. The van der Waals surface area contributed by atoms with Gasteiger partial charge in [0.2, 0.25) is 0 Å². The lowest BCUT2D eigenvalue weighted by Crippen LogP contribution is -2.43. The molecular formula is C15H18N2O4. The number of urea groups is 1. The molecule has 2 rings (SSSR count). The number of amides is 2. The minimum Gasteiger partial charge on any atom is -0.478 e. The lowest BCUT2D eigenvalue weighted by molar-refractivity contribution is 0.0697. The second-order valence-corrected chi connectivity index (χ2v) is 4.79. The molecule has 0 unspecified atom stereocenters. The van der Waals surface area contributed by atoms with E-state index < -0.39 is 5.97 Å². The van der Waals surface area contributed by atoms with Crippen LogP contribution in [0, 0.1) is 0 Å². The van der Waals surface area contributed by atoms with E-state index in [-0.39, 0.29) is 24.7 Å². The predicted octanol–water partition coefficient (Wildman–Crippen LogP) is 1.35. The van der Waals surface area contributed by atoms with Gasteiger partial charge in [0.05, 0.1) is 12.2 Å². The highest BCUT2D eigenvalue weighted by molar-refractivity contribution is 5.96. The molecule has 0 fully saturated rings. The van der Waals surface area contributed by atoms with E-state index in [9.17, 15) is 9.59 Å². The van der Waals surface area contributed by atoms with Crippen LogP contribution in [0.4, 0.5) is 10.5 Å². The number of carboxylic acid groups (broad SMARTS) is 1. The Labute approximate surface area is 122 Å². The van der Waals surface area contributed by atoms with Crippen LogP contribution in [0.3, 0.4) is 0 Å². The number of anilines is 1. The third-order valence-corrected chi connectivity index (χ3v) is 3.44. The first-order valence-electron chi connectivity index (χ1n) is 6.73. The van der Waals surface area contributed by atoms with Gasteiger partial charge in [-0.05, 0) is 30.2 Å². The Balaban J connectivity index is 2.23. The molecule has 2 amide bonds. The van der Waals surface area contributed by atoms with Crippen LogP contribution in [0.15, 0.2) is 30.9 Å². The second kappa shape index (κ2) is 6.41. The third kappa shape index (κ3) is 3.05. The van der Waals surface area contributed by atoms with Crippen LogP contribution in [0.1, 0.15) is 15.9 Å². The van der Waals surface area contributed by atoms with Crippen molar-refractivity contribution in [3.63, 3.8) is 0 Å². The van der Waals surface area contributed by atoms with E-state index in [0.29, 0.717) is 19.5 Å². The van der Waals surface area contributed by atoms with Crippen LogP contribution >= 0.6 is 0 Å². The lowest BCUT2D eigenvalue weighted by Gasteiger charge is -2.27. The quantitative estimate of drug-likeness (QED) is 0.802. The van der Waals surface area contributed by atoms with Crippen molar-refractivity contribution in [2.45, 2.75) is 6.42 Å². The Kier molecular flexibility index (Phi) is 4.59. The number of carbonyl (C=O) groups is 2. The fourth-order valence-corrected chi connectivity index (χ4v) is 2.45. The van der Waals surface area contributed by atoms with Gasteiger partial charge in [-0.1, -0.05) is 6.08 Å². The van der Waals surface area contributed by atoms with Crippen molar-refractivity contribution in [3.8, 4) is 0 Å². The number of rotatable bonds is 5. The molecule has 112 valence electrons. The highest BCUT2D eigenvalue weighted by Gasteiger charge is 2.28. The van der Waals surface area contributed by atoms with E-state index in [2.05, 4.69) is 6.58 Å². The summed E-state index contributed by atoms with van der Waals surface area (Å²) in [5.41, 5.74) is 1.81. The van der Waals surface area contributed by atoms with Gasteiger partial charge in [0.1, 0.15) is 0 Å². The van der Waals surface area contributed by atoms with Crippen molar-refractivity contribution in [2.24, 2.45) is 0 Å². The van der Waals surface area contributed by atoms with Gasteiger partial charge in [-0.2, -0.15) is 0 Å². The van der Waals surface area contributed by atoms with Gasteiger partial charge in [0.15, 0.2) is 0 Å². The van der Waals surface area contributed by atoms with E-state index in [4.69, 9.17) is 10.2 Å². The zero-order valence-electron chi connectivity index (χ0n) is 11.7. The molecule has 1 aliphatic heterocycles. The van der Waals surface area contributed by atoms with Crippen LogP contribution in [-0.4, -0.2) is 53.4 Å². The molecule has 0 spiro atoms. The lowest BCUT2D eigenvalue weighted by atomic mass is 10.1. The molecule has 1 aromatic carbocycles. The zero-order valence-corrected chi connectivity index (χ0v) is 11.7. The fourth-order valence-electron chi connectivity index (χ4n) is 2.45. The molecule has 2 N–H and O–H groups in total. The van der Waals surface area contributed by atoms with Crippen LogP contribution in [0.2, 0.25) is 0 Å². The van der Waals surface area contributed by atoms with Crippen molar-refractivity contribution >= 4 is 17.7 Å². The maximum atomic E-state index is 12.5. The summed E-state index contributed by atoms with van der Waals surface area (Å²) in [5, 5.41) is 18.0. The van der Waals surface area contributed by atoms with Crippen molar-refractivity contribution in [1.82, 2.24) is 4.90 Å². The SMILES string of the molecule is C=CCN(CCO)C(=O)N1CCc2cc(C(=O)O)ccc21. The molecule has 6 nitrogen and oxygen atoms in total. The number of aromatic carboxylic acids is 1. The molecule has 21 heavy (non-hydrogen) atoms. The van der Waals surface area contributed by atoms with E-state index in [0.717, 1.165) is 11.3 Å². The molecule has 0 radical (unpaired) electrons. The van der Waals surface area contributed by atoms with Crippen LogP contribution in [0.5, 0.6) is 0 Å². The van der Waals surface area contributed by atoms with Gasteiger partial charge >= 0.3 is 12.0 Å². The maximum Gasteiger partial charge on any atom is 0.335 e. The first-order valence-corrected chi connectivity index (χ1v) is 6.73. The van der Waals surface area contributed by atoms with Gasteiger partial charge in [0.25, 0.3) is 0 Å². The molecule has 0 bridgehead atoms. The summed E-state index contributed by atoms with van der Waals surface area (Å²) < 4.78 is 0. The van der Waals surface area contributed by atoms with Crippen LogP contribution in [-0.2, 0) is 6.42 Å². The van der Waals surface area contributed by atoms with Gasteiger partial charge in [0, 0.05) is 25.3 Å². The summed E-state index contributed by atoms with van der Waals surface area (Å²) in [6.07, 6.45) is 2.24. The number of aliphatic hydroxyl groups excluding tert-OH is 1. The van der Waals surface area contributed by atoms with Crippen molar-refractivity contribution in [3.05, 3.63) is 42.0 Å². The molecule has 6 heteroatoms. The van der Waals surface area contributed by atoms with Gasteiger partial charge in [-0.15, -0.1) is 6.58 Å². The van der Waals surface area contributed by atoms with Crippen LogP contribution in [0.25, 0.3) is 0 Å². The first-order chi connectivity index (χ1) is 10.1. The highest BCUT2D eigenvalue weighted by Crippen LogP contribution is 2.29. The number of hydrogen-bond donors (Lipinski definition) is 2. The topological polar surface area (TPSA) is 81.1 Å². The standard InChI is InChI=1S/C15H18N2O4/c1-2-6-16(8-9-18)15(21)17-7-5-11-10-12(14(19)20)3-4-13(11)17/h2-4,10,18H,1,5-9H2,(H,19,20). The number of carbonyl (C=O) groups excluding carboxylic acids is 1. The van der Waals surface area contributed by atoms with E-state index in [1.54, 1.807) is 23.1 Å². The van der Waals surface area contributed by atoms with Crippen LogP contribution < -0.4 is 4.90 Å². The molecule has 1 aromatic rings. The van der Waals surface area contributed by atoms with E-state index in [1.165, 1.54) is 11.0 Å². The Morgan fingerprint density at radius 3 is 2.81 bits per heavy atom. The summed E-state index contributed by atoms with van der Waals surface area (Å²) in [4.78, 5) is 26.6. The number of aliphatic hydroxyl groups is 1. The minimum absolute atomic E-state index is 0.113. The van der Waals surface area contributed by atoms with Crippen molar-refractivity contribution < 1.29 is 19.8 Å². The monoisotopic (exact) mass is 290 g/mol. The molecule has 0 aliphatic carbocycles. The average Bonchev–Trinajstić information content (AvgIpc) is 2.89. The van der Waals surface area contributed by atoms with E-state index in [1.807, 2.05) is 0 Å². The largest absolute Gasteiger partial charge is 0.478 e. The minimum atomic E-state index is -0.976. The van der Waals surface area contributed by atoms with Gasteiger partial charge in [-0.25, -0.2) is 9.59 Å². The van der Waals surface area contributed by atoms with Crippen molar-refractivity contribution in [2.75, 3.05) is 31.1 Å². The van der Waals surface area contributed by atoms with Gasteiger partial charge in [-0.3, -0.25) is 4.90 Å². The molecule has 0 saturated heterocycles. The smallest absolute Gasteiger partial charge is 0.335 e. The third-order valence-electron chi connectivity index (χ3n) is 3.44. The summed E-state index contributed by atoms with van der Waals surface area (Å²) in [7, 11) is 0. The molecule has 0 aromatic heterocycles. The summed E-state index contributed by atoms with van der Waals surface area (Å²) in [6, 6.07) is 4.56. The fraction of sp³-hybridized carbons (Fsp3) is 0.333. The normalized spacial score (nSPS) is 12.9. The molecular weight excluding hydrogens is 272 g/mol. The van der Waals surface area contributed by atoms with Gasteiger partial charge < -0.3 is 15.1 Å².